The van der Waals surface area contributed by atoms with Crippen molar-refractivity contribution in [2.24, 2.45) is 5.92 Å². The lowest BCUT2D eigenvalue weighted by Gasteiger charge is -2.37. The number of carbonyl (C=O) groups is 4. The third-order valence-corrected chi connectivity index (χ3v) is 17.8. The summed E-state index contributed by atoms with van der Waals surface area (Å²) >= 11 is 1.54. The number of aromatic amines is 1. The number of thiazole rings is 1. The molecule has 2 aromatic heterocycles. The van der Waals surface area contributed by atoms with Gasteiger partial charge in [-0.2, -0.15) is 0 Å². The maximum Gasteiger partial charge on any atom is 0.255 e. The van der Waals surface area contributed by atoms with Crippen molar-refractivity contribution in [3.63, 3.8) is 0 Å². The van der Waals surface area contributed by atoms with Gasteiger partial charge in [-0.3, -0.25) is 24.0 Å². The Morgan fingerprint density at radius 2 is 1.47 bits per heavy atom. The fraction of sp³-hybridized carbons (Fsp3) is 0.478. The number of aliphatic hydroxyl groups excluding tert-OH is 1. The van der Waals surface area contributed by atoms with Crippen LogP contribution in [-0.2, 0) is 52.8 Å². The van der Waals surface area contributed by atoms with Gasteiger partial charge in [0.1, 0.15) is 30.8 Å². The monoisotopic (exact) mass is 1240 g/mol. The van der Waals surface area contributed by atoms with Gasteiger partial charge in [0, 0.05) is 86.3 Å². The van der Waals surface area contributed by atoms with Crippen molar-refractivity contribution in [2.45, 2.75) is 118 Å². The van der Waals surface area contributed by atoms with Crippen LogP contribution in [0.5, 0.6) is 11.5 Å². The third kappa shape index (κ3) is 17.0. The number of hydrogen-bond donors (Lipinski definition) is 3. The number of likely N-dealkylation sites (tertiary alicyclic amines) is 1. The molecule has 2 fully saturated rings. The van der Waals surface area contributed by atoms with Crippen LogP contribution >= 0.6 is 11.3 Å². The first-order valence-corrected chi connectivity index (χ1v) is 32.0. The zero-order valence-electron chi connectivity index (χ0n) is 52.4. The molecule has 0 bridgehead atoms. The zero-order valence-corrected chi connectivity index (χ0v) is 53.3. The number of Topliss-reactive ketones (excluding diaryl/α,β-unsaturated/α-hetero) is 1. The van der Waals surface area contributed by atoms with Gasteiger partial charge in [0.05, 0.1) is 81.1 Å². The SMILES string of the molecule is CCN(c1cc(-c2ccc(OCCOCCOCCOCCOCCOc3cc(-c4scnc4C)ccc3CCC(=O)C3C[C@@H](O)CN3C(=O)[C@H](C(C)C)N3Cc4ccccc4C3=O)cc2)cc(C(=O)NCc2c(C)cc(C)[nH]c2=O)c1C)C1CCOCC1. The van der Waals surface area contributed by atoms with Gasteiger partial charge < -0.3 is 63.3 Å². The highest BCUT2D eigenvalue weighted by Crippen LogP contribution is 2.37. The Balaban J connectivity index is 0.670. The molecule has 9 rings (SSSR count). The summed E-state index contributed by atoms with van der Waals surface area (Å²) in [7, 11) is 0. The van der Waals surface area contributed by atoms with Gasteiger partial charge in [-0.15, -0.1) is 11.3 Å². The number of nitrogens with one attached hydrogen (secondary N) is 2. The van der Waals surface area contributed by atoms with E-state index in [1.807, 2.05) is 114 Å². The number of ketones is 1. The molecule has 3 aliphatic rings. The Morgan fingerprint density at radius 1 is 0.809 bits per heavy atom. The Hall–Kier alpha value is -7.30. The molecular weight excluding hydrogens is 1150 g/mol. The third-order valence-electron chi connectivity index (χ3n) is 16.8. The summed E-state index contributed by atoms with van der Waals surface area (Å²) in [5.41, 5.74) is 12.2. The molecule has 1 unspecified atom stereocenters. The number of aryl methyl sites for hydroxylation is 4. The molecule has 19 nitrogen and oxygen atoms in total. The van der Waals surface area contributed by atoms with E-state index < -0.39 is 18.2 Å². The number of carbonyl (C=O) groups excluding carboxylic acids is 4. The Labute approximate surface area is 526 Å². The molecule has 476 valence electrons. The van der Waals surface area contributed by atoms with Crippen molar-refractivity contribution in [3.05, 3.63) is 151 Å². The van der Waals surface area contributed by atoms with Crippen LogP contribution in [0.25, 0.3) is 21.6 Å². The van der Waals surface area contributed by atoms with E-state index >= 15 is 0 Å². The van der Waals surface area contributed by atoms with Crippen LogP contribution in [0.1, 0.15) is 106 Å². The van der Waals surface area contributed by atoms with Crippen LogP contribution in [0.4, 0.5) is 5.69 Å². The van der Waals surface area contributed by atoms with Crippen molar-refractivity contribution in [1.29, 1.82) is 0 Å². The highest BCUT2D eigenvalue weighted by Gasteiger charge is 2.45. The molecule has 2 saturated heterocycles. The molecule has 6 aromatic rings. The molecule has 3 aliphatic heterocycles. The smallest absolute Gasteiger partial charge is 0.255 e. The van der Waals surface area contributed by atoms with E-state index in [1.165, 1.54) is 16.2 Å². The Kier molecular flexibility index (Phi) is 23.7. The van der Waals surface area contributed by atoms with Crippen molar-refractivity contribution in [3.8, 4) is 33.1 Å². The summed E-state index contributed by atoms with van der Waals surface area (Å²) in [6.45, 7) is 19.9. The number of amides is 3. The van der Waals surface area contributed by atoms with Gasteiger partial charge in [0.15, 0.2) is 5.78 Å². The molecule has 3 N–H and O–H groups in total. The molecule has 5 heterocycles. The van der Waals surface area contributed by atoms with E-state index in [9.17, 15) is 29.1 Å². The summed E-state index contributed by atoms with van der Waals surface area (Å²) in [5, 5.41) is 13.8. The number of pyridine rings is 1. The van der Waals surface area contributed by atoms with Crippen LogP contribution < -0.4 is 25.2 Å². The minimum atomic E-state index is -0.851. The van der Waals surface area contributed by atoms with Crippen LogP contribution in [-0.4, -0.2) is 165 Å². The minimum absolute atomic E-state index is 0.0307. The van der Waals surface area contributed by atoms with Gasteiger partial charge in [0.25, 0.3) is 17.4 Å². The van der Waals surface area contributed by atoms with E-state index in [0.29, 0.717) is 114 Å². The number of nitrogens with zero attached hydrogens (tertiary/aromatic N) is 4. The van der Waals surface area contributed by atoms with E-state index in [1.54, 1.807) is 16.5 Å². The predicted octanol–water partition coefficient (Wildman–Crippen LogP) is 9.00. The van der Waals surface area contributed by atoms with Gasteiger partial charge in [-0.05, 0) is 141 Å². The molecule has 3 amide bonds. The summed E-state index contributed by atoms with van der Waals surface area (Å²) in [5.74, 6) is 0.178. The highest BCUT2D eigenvalue weighted by molar-refractivity contribution is 7.13. The maximum atomic E-state index is 14.3. The highest BCUT2D eigenvalue weighted by atomic mass is 32.1. The van der Waals surface area contributed by atoms with Gasteiger partial charge >= 0.3 is 0 Å². The van der Waals surface area contributed by atoms with Gasteiger partial charge in [-0.25, -0.2) is 4.98 Å². The van der Waals surface area contributed by atoms with Crippen LogP contribution in [0.3, 0.4) is 0 Å². The average Bonchev–Trinajstić information content (AvgIpc) is 1.82. The first-order chi connectivity index (χ1) is 43.1. The van der Waals surface area contributed by atoms with Crippen molar-refractivity contribution < 1.29 is 57.4 Å². The van der Waals surface area contributed by atoms with Gasteiger partial charge in [0.2, 0.25) is 5.91 Å². The van der Waals surface area contributed by atoms with E-state index in [2.05, 4.69) is 33.2 Å². The lowest BCUT2D eigenvalue weighted by molar-refractivity contribution is -0.142. The number of aromatic nitrogens is 2. The Bertz CT molecular complexity index is 3430. The molecule has 0 spiro atoms. The quantitative estimate of drug-likeness (QED) is 0.0336. The standard InChI is InChI=1S/C69H86N6O13S/c1-8-73(54-21-23-82-24-22-54)60-37-53(36-58(47(60)6)66(78)70-40-59-45(4)35-46(5)72-67(59)79)49-15-18-56(19-16-49)87-33-31-85-29-27-83-25-26-84-28-30-86-32-34-88-63-38-51(65-48(7)71-43-89-65)14-13-50(63)17-20-62(77)61-39-55(76)42-74(61)69(81)64(44(2)3)75-41-52-11-9-10-12-57(52)68(75)80/h9-16,18-19,35-38,43-44,54-55,61,64,76H,8,17,20-34,39-42H2,1-7H3,(H,70,78)(H,72,79)/t55-,61?,64+/m1/s1. The first kappa shape index (κ1) is 66.1. The molecule has 0 saturated carbocycles. The number of rotatable bonds is 32. The average molecular weight is 1240 g/mol. The topological polar surface area (TPSA) is 221 Å². The lowest BCUT2D eigenvalue weighted by atomic mass is 9.95. The van der Waals surface area contributed by atoms with Crippen LogP contribution in [0.2, 0.25) is 0 Å². The number of H-pyrrole nitrogens is 1. The molecule has 20 heteroatoms. The van der Waals surface area contributed by atoms with E-state index in [-0.39, 0.29) is 73.6 Å². The molecule has 89 heavy (non-hydrogen) atoms. The predicted molar refractivity (Wildman–Crippen MR) is 342 cm³/mol. The summed E-state index contributed by atoms with van der Waals surface area (Å²) in [6.07, 6.45) is 1.58. The summed E-state index contributed by atoms with van der Waals surface area (Å²) in [6, 6.07) is 25.8. The van der Waals surface area contributed by atoms with E-state index in [0.717, 1.165) is 80.3 Å². The van der Waals surface area contributed by atoms with Crippen molar-refractivity contribution in [1.82, 2.24) is 25.1 Å². The van der Waals surface area contributed by atoms with Crippen molar-refractivity contribution in [2.75, 3.05) is 97.3 Å². The molecule has 3 atom stereocenters. The lowest BCUT2D eigenvalue weighted by Crippen LogP contribution is -2.54. The number of β-amino-alcohol motifs (C(OH)–C–C–N with tert-alkyl or cyclic N) is 1. The number of fused-ring (bicyclic) bond motifs is 1. The second-order valence-corrected chi connectivity index (χ2v) is 24.2. The number of aliphatic hydroxyl groups is 1. The van der Waals surface area contributed by atoms with Gasteiger partial charge in [-0.1, -0.05) is 56.3 Å². The second-order valence-electron chi connectivity index (χ2n) is 23.3. The van der Waals surface area contributed by atoms with Crippen LogP contribution in [0, 0.1) is 33.6 Å². The second kappa shape index (κ2) is 31.9. The minimum Gasteiger partial charge on any atom is -0.491 e. The fourth-order valence-corrected chi connectivity index (χ4v) is 13.0. The zero-order chi connectivity index (χ0) is 63.0. The number of benzene rings is 4. The summed E-state index contributed by atoms with van der Waals surface area (Å²) < 4.78 is 41.1. The summed E-state index contributed by atoms with van der Waals surface area (Å²) in [4.78, 5) is 82.4. The Morgan fingerprint density at radius 3 is 2.11 bits per heavy atom. The largest absolute Gasteiger partial charge is 0.491 e. The molecule has 0 radical (unpaired) electrons. The molecule has 4 aromatic carbocycles. The number of ether oxygens (including phenoxy) is 7. The van der Waals surface area contributed by atoms with E-state index in [4.69, 9.17) is 33.2 Å². The molecule has 0 aliphatic carbocycles. The first-order valence-electron chi connectivity index (χ1n) is 31.2. The normalized spacial score (nSPS) is 16.3. The fourth-order valence-electron chi connectivity index (χ4n) is 12.2. The number of anilines is 1. The van der Waals surface area contributed by atoms with Crippen molar-refractivity contribution >= 4 is 40.5 Å². The number of hydrogen-bond acceptors (Lipinski definition) is 16. The maximum absolute atomic E-state index is 14.3. The molecular formula is C69H86N6O13S. The van der Waals surface area contributed by atoms with Crippen LogP contribution in [0.15, 0.2) is 95.2 Å².